The predicted molar refractivity (Wildman–Crippen MR) is 49.7 cm³/mol. The molecule has 2 rings (SSSR count). The van der Waals surface area contributed by atoms with E-state index in [0.717, 1.165) is 12.1 Å². The molecule has 3 N–H and O–H groups in total. The number of hydrogen-bond acceptors (Lipinski definition) is 3. The standard InChI is InChI=1S/C10H13NO2/c12-8-3-1-7(2-4-8)9-5-11-6-10(9)13/h1-4,9-13H,5-6H2/t9-,10+/m0/s1. The van der Waals surface area contributed by atoms with Gasteiger partial charge in [0.15, 0.2) is 0 Å². The first-order chi connectivity index (χ1) is 6.27. The van der Waals surface area contributed by atoms with Crippen LogP contribution in [0.25, 0.3) is 0 Å². The molecule has 13 heavy (non-hydrogen) atoms. The second-order valence-electron chi connectivity index (χ2n) is 3.42. The van der Waals surface area contributed by atoms with Crippen molar-refractivity contribution >= 4 is 0 Å². The Morgan fingerprint density at radius 3 is 2.38 bits per heavy atom. The van der Waals surface area contributed by atoms with E-state index in [1.807, 2.05) is 12.1 Å². The van der Waals surface area contributed by atoms with Crippen molar-refractivity contribution in [2.45, 2.75) is 12.0 Å². The smallest absolute Gasteiger partial charge is 0.115 e. The molecule has 0 spiro atoms. The van der Waals surface area contributed by atoms with Crippen molar-refractivity contribution in [3.8, 4) is 5.75 Å². The quantitative estimate of drug-likeness (QED) is 0.586. The molecule has 1 saturated heterocycles. The van der Waals surface area contributed by atoms with Crippen LogP contribution in [0.3, 0.4) is 0 Å². The van der Waals surface area contributed by atoms with Crippen molar-refractivity contribution in [2.24, 2.45) is 0 Å². The lowest BCUT2D eigenvalue weighted by Gasteiger charge is -2.13. The predicted octanol–water partition coefficient (Wildman–Crippen LogP) is 0.440. The van der Waals surface area contributed by atoms with Crippen LogP contribution in [0.2, 0.25) is 0 Å². The molecule has 0 saturated carbocycles. The van der Waals surface area contributed by atoms with E-state index < -0.39 is 0 Å². The van der Waals surface area contributed by atoms with Gasteiger partial charge in [0.05, 0.1) is 6.10 Å². The number of hydrogen-bond donors (Lipinski definition) is 3. The van der Waals surface area contributed by atoms with Crippen LogP contribution >= 0.6 is 0 Å². The maximum Gasteiger partial charge on any atom is 0.115 e. The van der Waals surface area contributed by atoms with Crippen LogP contribution in [0.4, 0.5) is 0 Å². The number of aliphatic hydroxyl groups is 1. The number of aliphatic hydroxyl groups excluding tert-OH is 1. The lowest BCUT2D eigenvalue weighted by Crippen LogP contribution is -2.15. The van der Waals surface area contributed by atoms with E-state index in [9.17, 15) is 5.11 Å². The summed E-state index contributed by atoms with van der Waals surface area (Å²) in [6.07, 6.45) is -0.301. The molecule has 0 unspecified atom stereocenters. The summed E-state index contributed by atoms with van der Waals surface area (Å²) < 4.78 is 0. The molecule has 0 radical (unpaired) electrons. The molecular weight excluding hydrogens is 166 g/mol. The van der Waals surface area contributed by atoms with Crippen molar-refractivity contribution in [2.75, 3.05) is 13.1 Å². The van der Waals surface area contributed by atoms with Crippen LogP contribution in [0.5, 0.6) is 5.75 Å². The van der Waals surface area contributed by atoms with Gasteiger partial charge in [-0.3, -0.25) is 0 Å². The van der Waals surface area contributed by atoms with Gasteiger partial charge in [-0.2, -0.15) is 0 Å². The second kappa shape index (κ2) is 3.36. The highest BCUT2D eigenvalue weighted by Gasteiger charge is 2.25. The molecule has 3 heteroatoms. The highest BCUT2D eigenvalue weighted by atomic mass is 16.3. The lowest BCUT2D eigenvalue weighted by atomic mass is 9.96. The zero-order valence-corrected chi connectivity index (χ0v) is 7.27. The highest BCUT2D eigenvalue weighted by Crippen LogP contribution is 2.24. The van der Waals surface area contributed by atoms with Crippen LogP contribution in [-0.2, 0) is 0 Å². The van der Waals surface area contributed by atoms with Gasteiger partial charge in [0.25, 0.3) is 0 Å². The average molecular weight is 179 g/mol. The van der Waals surface area contributed by atoms with Crippen LogP contribution < -0.4 is 5.32 Å². The number of nitrogens with one attached hydrogen (secondary N) is 1. The Morgan fingerprint density at radius 2 is 1.85 bits per heavy atom. The fourth-order valence-electron chi connectivity index (χ4n) is 1.73. The topological polar surface area (TPSA) is 52.5 Å². The molecule has 3 nitrogen and oxygen atoms in total. The first-order valence-electron chi connectivity index (χ1n) is 4.45. The summed E-state index contributed by atoms with van der Waals surface area (Å²) in [5.41, 5.74) is 1.08. The Balaban J connectivity index is 2.20. The molecule has 0 amide bonds. The van der Waals surface area contributed by atoms with Crippen molar-refractivity contribution in [3.63, 3.8) is 0 Å². The molecule has 0 aliphatic carbocycles. The first-order valence-corrected chi connectivity index (χ1v) is 4.45. The van der Waals surface area contributed by atoms with Crippen molar-refractivity contribution in [1.29, 1.82) is 0 Å². The van der Waals surface area contributed by atoms with Crippen LogP contribution in [0, 0.1) is 0 Å². The summed E-state index contributed by atoms with van der Waals surface area (Å²) in [5, 5.41) is 21.8. The Labute approximate surface area is 77.0 Å². The van der Waals surface area contributed by atoms with Crippen LogP contribution in [0.1, 0.15) is 11.5 Å². The summed E-state index contributed by atoms with van der Waals surface area (Å²) in [7, 11) is 0. The molecule has 1 aromatic rings. The monoisotopic (exact) mass is 179 g/mol. The van der Waals surface area contributed by atoms with Gasteiger partial charge in [0, 0.05) is 19.0 Å². The third-order valence-corrected chi connectivity index (χ3v) is 2.50. The number of aromatic hydroxyl groups is 1. The maximum atomic E-state index is 9.59. The van der Waals surface area contributed by atoms with E-state index in [1.165, 1.54) is 0 Å². The lowest BCUT2D eigenvalue weighted by molar-refractivity contribution is 0.177. The Morgan fingerprint density at radius 1 is 1.15 bits per heavy atom. The van der Waals surface area contributed by atoms with Gasteiger partial charge >= 0.3 is 0 Å². The fraction of sp³-hybridized carbons (Fsp3) is 0.400. The van der Waals surface area contributed by atoms with Crippen molar-refractivity contribution in [3.05, 3.63) is 29.8 Å². The average Bonchev–Trinajstić information content (AvgIpc) is 2.53. The SMILES string of the molecule is Oc1ccc([C@@H]2CNC[C@H]2O)cc1. The minimum Gasteiger partial charge on any atom is -0.508 e. The summed E-state index contributed by atoms with van der Waals surface area (Å²) in [4.78, 5) is 0. The van der Waals surface area contributed by atoms with E-state index in [-0.39, 0.29) is 17.8 Å². The largest absolute Gasteiger partial charge is 0.508 e. The molecule has 1 aliphatic heterocycles. The Bertz CT molecular complexity index is 283. The minimum absolute atomic E-state index is 0.167. The molecular formula is C10H13NO2. The number of rotatable bonds is 1. The van der Waals surface area contributed by atoms with Gasteiger partial charge in [0.2, 0.25) is 0 Å². The van der Waals surface area contributed by atoms with Crippen molar-refractivity contribution < 1.29 is 10.2 Å². The molecule has 1 aliphatic rings. The Hall–Kier alpha value is -1.06. The molecule has 0 aromatic heterocycles. The summed E-state index contributed by atoms with van der Waals surface area (Å²) >= 11 is 0. The molecule has 0 bridgehead atoms. The van der Waals surface area contributed by atoms with Gasteiger partial charge in [0.1, 0.15) is 5.75 Å². The molecule has 1 fully saturated rings. The normalized spacial score (nSPS) is 27.8. The maximum absolute atomic E-state index is 9.59. The van der Waals surface area contributed by atoms with E-state index in [0.29, 0.717) is 6.54 Å². The zero-order valence-electron chi connectivity index (χ0n) is 7.27. The van der Waals surface area contributed by atoms with Gasteiger partial charge in [-0.1, -0.05) is 12.1 Å². The second-order valence-corrected chi connectivity index (χ2v) is 3.42. The van der Waals surface area contributed by atoms with Gasteiger partial charge < -0.3 is 15.5 Å². The Kier molecular flexibility index (Phi) is 2.20. The van der Waals surface area contributed by atoms with E-state index in [4.69, 9.17) is 5.11 Å². The van der Waals surface area contributed by atoms with Crippen molar-refractivity contribution in [1.82, 2.24) is 5.32 Å². The number of phenolic OH excluding ortho intramolecular Hbond substituents is 1. The number of benzene rings is 1. The van der Waals surface area contributed by atoms with E-state index in [1.54, 1.807) is 12.1 Å². The van der Waals surface area contributed by atoms with Gasteiger partial charge in [-0.25, -0.2) is 0 Å². The molecule has 1 heterocycles. The van der Waals surface area contributed by atoms with Crippen LogP contribution in [-0.4, -0.2) is 29.4 Å². The summed E-state index contributed by atoms with van der Waals surface area (Å²) in [5.74, 6) is 0.435. The summed E-state index contributed by atoms with van der Waals surface area (Å²) in [6, 6.07) is 7.02. The van der Waals surface area contributed by atoms with E-state index >= 15 is 0 Å². The zero-order chi connectivity index (χ0) is 9.26. The third-order valence-electron chi connectivity index (χ3n) is 2.50. The summed E-state index contributed by atoms with van der Waals surface area (Å²) in [6.45, 7) is 1.47. The number of β-amino-alcohol motifs (C(OH)–C–C–N with tert-alkyl or cyclic N) is 1. The molecule has 70 valence electrons. The fourth-order valence-corrected chi connectivity index (χ4v) is 1.73. The minimum atomic E-state index is -0.301. The van der Waals surface area contributed by atoms with E-state index in [2.05, 4.69) is 5.32 Å². The van der Waals surface area contributed by atoms with Gasteiger partial charge in [-0.15, -0.1) is 0 Å². The molecule has 2 atom stereocenters. The van der Waals surface area contributed by atoms with Gasteiger partial charge in [-0.05, 0) is 17.7 Å². The third kappa shape index (κ3) is 1.66. The molecule has 1 aromatic carbocycles. The number of phenols is 1. The van der Waals surface area contributed by atoms with Crippen LogP contribution in [0.15, 0.2) is 24.3 Å². The first kappa shape index (κ1) is 8.53. The highest BCUT2D eigenvalue weighted by molar-refractivity contribution is 5.29.